The fourth-order valence-electron chi connectivity index (χ4n) is 2.84. The molecule has 0 bridgehead atoms. The van der Waals surface area contributed by atoms with E-state index in [9.17, 15) is 14.4 Å². The van der Waals surface area contributed by atoms with Crippen molar-refractivity contribution in [3.8, 4) is 17.2 Å². The average molecular weight is 344 g/mol. The summed E-state index contributed by atoms with van der Waals surface area (Å²) in [6.07, 6.45) is 0.412. The monoisotopic (exact) mass is 344 g/mol. The second kappa shape index (κ2) is 8.09. The van der Waals surface area contributed by atoms with Crippen LogP contribution in [-0.2, 0) is 6.42 Å². The molecule has 3 rings (SSSR count). The molecule has 0 saturated heterocycles. The summed E-state index contributed by atoms with van der Waals surface area (Å²) in [7, 11) is 0. The fraction of sp³-hybridized carbons (Fsp3) is 0.0909. The van der Waals surface area contributed by atoms with Crippen molar-refractivity contribution in [3.05, 3.63) is 95.3 Å². The Morgan fingerprint density at radius 2 is 1.58 bits per heavy atom. The number of benzene rings is 3. The Bertz CT molecular complexity index is 976. The number of carbonyl (C=O) groups excluding carboxylic acids is 1. The molecule has 0 atom stereocenters. The molecule has 0 unspecified atom stereocenters. The summed E-state index contributed by atoms with van der Waals surface area (Å²) in [6, 6.07) is 23.0. The first kappa shape index (κ1) is 17.4. The first-order chi connectivity index (χ1) is 12.7. The van der Waals surface area contributed by atoms with Gasteiger partial charge in [-0.2, -0.15) is 5.26 Å². The molecule has 0 heterocycles. The van der Waals surface area contributed by atoms with Gasteiger partial charge in [-0.25, -0.2) is 4.39 Å². The van der Waals surface area contributed by atoms with Crippen LogP contribution in [0.5, 0.6) is 0 Å². The number of rotatable bonds is 5. The smallest absolute Gasteiger partial charge is 0.251 e. The SMILES string of the molecule is N#Cc1ccccc1-c1ccccc1C(=O)NCCc1ccccc1F. The lowest BCUT2D eigenvalue weighted by molar-refractivity contribution is 0.0954. The average Bonchev–Trinajstić information content (AvgIpc) is 2.69. The Labute approximate surface area is 151 Å². The number of hydrogen-bond donors (Lipinski definition) is 1. The molecule has 1 N–H and O–H groups in total. The predicted molar refractivity (Wildman–Crippen MR) is 99.0 cm³/mol. The van der Waals surface area contributed by atoms with Gasteiger partial charge in [-0.15, -0.1) is 0 Å². The quantitative estimate of drug-likeness (QED) is 0.749. The van der Waals surface area contributed by atoms with Gasteiger partial charge < -0.3 is 5.32 Å². The minimum Gasteiger partial charge on any atom is -0.352 e. The third kappa shape index (κ3) is 3.79. The largest absolute Gasteiger partial charge is 0.352 e. The first-order valence-corrected chi connectivity index (χ1v) is 8.31. The van der Waals surface area contributed by atoms with Crippen molar-refractivity contribution in [1.82, 2.24) is 5.32 Å². The lowest BCUT2D eigenvalue weighted by Crippen LogP contribution is -2.26. The van der Waals surface area contributed by atoms with Crippen LogP contribution in [0.4, 0.5) is 4.39 Å². The van der Waals surface area contributed by atoms with Gasteiger partial charge in [0.2, 0.25) is 0 Å². The molecule has 1 amide bonds. The molecule has 128 valence electrons. The Morgan fingerprint density at radius 1 is 0.923 bits per heavy atom. The van der Waals surface area contributed by atoms with Crippen molar-refractivity contribution in [2.75, 3.05) is 6.54 Å². The van der Waals surface area contributed by atoms with Gasteiger partial charge in [-0.1, -0.05) is 54.6 Å². The lowest BCUT2D eigenvalue weighted by Gasteiger charge is -2.11. The molecule has 4 heteroatoms. The number of nitriles is 1. The van der Waals surface area contributed by atoms with Gasteiger partial charge >= 0.3 is 0 Å². The standard InChI is InChI=1S/C22H17FN2O/c23-21-12-6-2-7-16(21)13-14-25-22(26)20-11-5-4-10-19(20)18-9-3-1-8-17(18)15-24/h1-12H,13-14H2,(H,25,26). The van der Waals surface area contributed by atoms with E-state index in [0.717, 1.165) is 5.56 Å². The summed E-state index contributed by atoms with van der Waals surface area (Å²) in [5.74, 6) is -0.519. The van der Waals surface area contributed by atoms with Crippen LogP contribution in [0.2, 0.25) is 0 Å². The zero-order chi connectivity index (χ0) is 18.4. The number of halogens is 1. The summed E-state index contributed by atoms with van der Waals surface area (Å²) in [5.41, 5.74) is 2.99. The van der Waals surface area contributed by atoms with E-state index in [-0.39, 0.29) is 11.7 Å². The van der Waals surface area contributed by atoms with E-state index in [1.807, 2.05) is 24.3 Å². The molecule has 0 radical (unpaired) electrons. The van der Waals surface area contributed by atoms with Gasteiger partial charge in [-0.05, 0) is 35.7 Å². The normalized spacial score (nSPS) is 10.2. The van der Waals surface area contributed by atoms with Crippen molar-refractivity contribution in [3.63, 3.8) is 0 Å². The van der Waals surface area contributed by atoms with Crippen LogP contribution in [0.3, 0.4) is 0 Å². The van der Waals surface area contributed by atoms with E-state index >= 15 is 0 Å². The summed E-state index contributed by atoms with van der Waals surface area (Å²) < 4.78 is 13.7. The van der Waals surface area contributed by atoms with Crippen LogP contribution in [0, 0.1) is 17.1 Å². The van der Waals surface area contributed by atoms with Crippen molar-refractivity contribution >= 4 is 5.91 Å². The molecule has 0 saturated carbocycles. The zero-order valence-corrected chi connectivity index (χ0v) is 14.1. The molecular formula is C22H17FN2O. The van der Waals surface area contributed by atoms with Crippen molar-refractivity contribution < 1.29 is 9.18 Å². The lowest BCUT2D eigenvalue weighted by atomic mass is 9.95. The minimum atomic E-state index is -0.273. The van der Waals surface area contributed by atoms with Crippen LogP contribution < -0.4 is 5.32 Å². The maximum Gasteiger partial charge on any atom is 0.251 e. The highest BCUT2D eigenvalue weighted by Crippen LogP contribution is 2.26. The molecular weight excluding hydrogens is 327 g/mol. The van der Waals surface area contributed by atoms with E-state index in [0.29, 0.717) is 35.2 Å². The van der Waals surface area contributed by atoms with Crippen LogP contribution in [0.15, 0.2) is 72.8 Å². The van der Waals surface area contributed by atoms with E-state index in [1.54, 1.807) is 42.5 Å². The topological polar surface area (TPSA) is 52.9 Å². The fourth-order valence-corrected chi connectivity index (χ4v) is 2.84. The van der Waals surface area contributed by atoms with Crippen molar-refractivity contribution in [2.24, 2.45) is 0 Å². The molecule has 0 aromatic heterocycles. The highest BCUT2D eigenvalue weighted by atomic mass is 19.1. The number of hydrogen-bond acceptors (Lipinski definition) is 2. The van der Waals surface area contributed by atoms with E-state index < -0.39 is 0 Å². The number of nitrogens with one attached hydrogen (secondary N) is 1. The highest BCUT2D eigenvalue weighted by molar-refractivity contribution is 6.01. The van der Waals surface area contributed by atoms with Gasteiger partial charge in [0.15, 0.2) is 0 Å². The van der Waals surface area contributed by atoms with Gasteiger partial charge in [-0.3, -0.25) is 4.79 Å². The summed E-state index contributed by atoms with van der Waals surface area (Å²) in [5, 5.41) is 12.2. The van der Waals surface area contributed by atoms with Crippen LogP contribution in [0.25, 0.3) is 11.1 Å². The molecule has 0 aliphatic heterocycles. The first-order valence-electron chi connectivity index (χ1n) is 8.31. The second-order valence-corrected chi connectivity index (χ2v) is 5.80. The summed E-state index contributed by atoms with van der Waals surface area (Å²) in [6.45, 7) is 0.327. The summed E-state index contributed by atoms with van der Waals surface area (Å²) in [4.78, 5) is 12.6. The molecule has 0 spiro atoms. The summed E-state index contributed by atoms with van der Waals surface area (Å²) >= 11 is 0. The Kier molecular flexibility index (Phi) is 5.40. The van der Waals surface area contributed by atoms with Crippen LogP contribution in [-0.4, -0.2) is 12.5 Å². The van der Waals surface area contributed by atoms with Gasteiger partial charge in [0, 0.05) is 17.7 Å². The molecule has 0 aliphatic carbocycles. The minimum absolute atomic E-state index is 0.246. The van der Waals surface area contributed by atoms with Crippen molar-refractivity contribution in [1.29, 1.82) is 5.26 Å². The van der Waals surface area contributed by atoms with Gasteiger partial charge in [0.05, 0.1) is 11.6 Å². The Hall–Kier alpha value is -3.45. The Balaban J connectivity index is 1.79. The third-order valence-electron chi connectivity index (χ3n) is 4.15. The zero-order valence-electron chi connectivity index (χ0n) is 14.1. The van der Waals surface area contributed by atoms with E-state index in [2.05, 4.69) is 11.4 Å². The van der Waals surface area contributed by atoms with Crippen molar-refractivity contribution in [2.45, 2.75) is 6.42 Å². The predicted octanol–water partition coefficient (Wildman–Crippen LogP) is 4.34. The number of nitrogens with zero attached hydrogens (tertiary/aromatic N) is 1. The Morgan fingerprint density at radius 3 is 2.35 bits per heavy atom. The molecule has 3 aromatic rings. The highest BCUT2D eigenvalue weighted by Gasteiger charge is 2.14. The van der Waals surface area contributed by atoms with Gasteiger partial charge in [0.25, 0.3) is 5.91 Å². The number of amides is 1. The van der Waals surface area contributed by atoms with E-state index in [4.69, 9.17) is 0 Å². The van der Waals surface area contributed by atoms with Gasteiger partial charge in [0.1, 0.15) is 5.82 Å². The maximum absolute atomic E-state index is 13.7. The third-order valence-corrected chi connectivity index (χ3v) is 4.15. The molecule has 3 nitrogen and oxygen atoms in total. The van der Waals surface area contributed by atoms with Crippen LogP contribution >= 0.6 is 0 Å². The maximum atomic E-state index is 13.7. The molecule has 0 fully saturated rings. The second-order valence-electron chi connectivity index (χ2n) is 5.80. The van der Waals surface area contributed by atoms with Crippen LogP contribution in [0.1, 0.15) is 21.5 Å². The molecule has 0 aliphatic rings. The molecule has 3 aromatic carbocycles. The number of carbonyl (C=O) groups is 1. The molecule has 26 heavy (non-hydrogen) atoms. The van der Waals surface area contributed by atoms with E-state index in [1.165, 1.54) is 6.07 Å².